The van der Waals surface area contributed by atoms with Crippen LogP contribution in [-0.4, -0.2) is 72.0 Å². The van der Waals surface area contributed by atoms with Crippen molar-refractivity contribution in [3.8, 4) is 0 Å². The zero-order valence-corrected chi connectivity index (χ0v) is 19.9. The largest absolute Gasteiger partial charge is 0.490 e. The molecule has 2 fully saturated rings. The zero-order chi connectivity index (χ0) is 26.2. The van der Waals surface area contributed by atoms with Gasteiger partial charge in [0, 0.05) is 24.6 Å². The number of hydrogen-bond acceptors (Lipinski definition) is 5. The second-order valence-corrected chi connectivity index (χ2v) is 8.97. The third-order valence-corrected chi connectivity index (χ3v) is 6.11. The van der Waals surface area contributed by atoms with Crippen molar-refractivity contribution in [2.75, 3.05) is 26.2 Å². The van der Waals surface area contributed by atoms with Crippen LogP contribution >= 0.6 is 0 Å². The van der Waals surface area contributed by atoms with Crippen LogP contribution in [0.2, 0.25) is 0 Å². The van der Waals surface area contributed by atoms with E-state index in [1.807, 2.05) is 24.3 Å². The van der Waals surface area contributed by atoms with E-state index in [2.05, 4.69) is 24.5 Å². The topological polar surface area (TPSA) is 116 Å². The number of carboxylic acid groups (broad SMARTS) is 1. The van der Waals surface area contributed by atoms with Crippen molar-refractivity contribution in [1.82, 2.24) is 15.5 Å². The summed E-state index contributed by atoms with van der Waals surface area (Å²) in [5.74, 6) is -2.34. The first kappa shape index (κ1) is 28.3. The molecule has 3 N–H and O–H groups in total. The van der Waals surface area contributed by atoms with Crippen LogP contribution in [0.4, 0.5) is 13.2 Å². The van der Waals surface area contributed by atoms with Gasteiger partial charge in [0.05, 0.1) is 12.6 Å². The summed E-state index contributed by atoms with van der Waals surface area (Å²) in [5, 5.41) is 13.0. The molecule has 0 radical (unpaired) electrons. The minimum atomic E-state index is -5.08. The van der Waals surface area contributed by atoms with Gasteiger partial charge in [0.25, 0.3) is 0 Å². The molecule has 1 atom stereocenters. The van der Waals surface area contributed by atoms with E-state index in [4.69, 9.17) is 9.90 Å². The highest BCUT2D eigenvalue weighted by Crippen LogP contribution is 2.23. The van der Waals surface area contributed by atoms with Gasteiger partial charge in [-0.3, -0.25) is 14.4 Å². The number of Topliss-reactive ketones (excluding diaryl/α,β-unsaturated/α-hetero) is 1. The van der Waals surface area contributed by atoms with E-state index < -0.39 is 12.1 Å². The van der Waals surface area contributed by atoms with Crippen molar-refractivity contribution >= 4 is 23.6 Å². The number of carboxylic acids is 1. The lowest BCUT2D eigenvalue weighted by molar-refractivity contribution is -0.192. The van der Waals surface area contributed by atoms with Crippen LogP contribution in [0.3, 0.4) is 0 Å². The lowest BCUT2D eigenvalue weighted by atomic mass is 9.88. The molecule has 2 aliphatic heterocycles. The van der Waals surface area contributed by atoms with E-state index in [1.54, 1.807) is 4.90 Å². The predicted octanol–water partition coefficient (Wildman–Crippen LogP) is 2.73. The van der Waals surface area contributed by atoms with Crippen LogP contribution in [0.15, 0.2) is 24.3 Å². The predicted molar refractivity (Wildman–Crippen MR) is 122 cm³/mol. The molecule has 0 bridgehead atoms. The third kappa shape index (κ3) is 8.65. The van der Waals surface area contributed by atoms with Crippen LogP contribution in [-0.2, 0) is 14.4 Å². The first-order valence-corrected chi connectivity index (χ1v) is 11.6. The highest BCUT2D eigenvalue weighted by atomic mass is 19.4. The fraction of sp³-hybridized carbons (Fsp3) is 0.583. The molecule has 11 heteroatoms. The van der Waals surface area contributed by atoms with Gasteiger partial charge in [0.2, 0.25) is 11.8 Å². The number of carbonyl (C=O) groups excluding carboxylic acids is 3. The van der Waals surface area contributed by atoms with Gasteiger partial charge in [-0.1, -0.05) is 38.1 Å². The van der Waals surface area contributed by atoms with Crippen molar-refractivity contribution in [2.24, 2.45) is 5.92 Å². The highest BCUT2D eigenvalue weighted by Gasteiger charge is 2.38. The molecular formula is C24H32F3N3O5. The number of halogens is 3. The number of hydrogen-bond donors (Lipinski definition) is 3. The zero-order valence-electron chi connectivity index (χ0n) is 19.9. The van der Waals surface area contributed by atoms with Gasteiger partial charge in [0.1, 0.15) is 0 Å². The van der Waals surface area contributed by atoms with Crippen LogP contribution < -0.4 is 10.6 Å². The Morgan fingerprint density at radius 2 is 1.66 bits per heavy atom. The van der Waals surface area contributed by atoms with Crippen LogP contribution in [0.1, 0.15) is 61.4 Å². The molecule has 0 aromatic heterocycles. The Labute approximate surface area is 202 Å². The second-order valence-electron chi connectivity index (χ2n) is 8.97. The summed E-state index contributed by atoms with van der Waals surface area (Å²) < 4.78 is 31.7. The summed E-state index contributed by atoms with van der Waals surface area (Å²) in [6.45, 7) is 6.29. The Morgan fingerprint density at radius 1 is 1.09 bits per heavy atom. The molecular weight excluding hydrogens is 467 g/mol. The van der Waals surface area contributed by atoms with Gasteiger partial charge in [-0.15, -0.1) is 0 Å². The SMILES string of the molecule is CC(C)c1ccc(C(=O)C2CCN(C(=O)CNC(=O)C3CCCN3)CC2)cc1.O=C(O)C(F)(F)F. The lowest BCUT2D eigenvalue weighted by Gasteiger charge is -2.31. The molecule has 2 saturated heterocycles. The molecule has 2 heterocycles. The molecule has 2 aliphatic rings. The third-order valence-electron chi connectivity index (χ3n) is 6.11. The van der Waals surface area contributed by atoms with Crippen LogP contribution in [0.25, 0.3) is 0 Å². The van der Waals surface area contributed by atoms with E-state index in [0.717, 1.165) is 24.9 Å². The molecule has 0 aliphatic carbocycles. The number of aliphatic carboxylic acids is 1. The minimum absolute atomic E-state index is 0.0340. The minimum Gasteiger partial charge on any atom is -0.475 e. The standard InChI is InChI=1S/C22H31N3O3.C2HF3O2/c1-15(2)16-5-7-17(8-6-16)21(27)18-9-12-25(13-10-18)20(26)14-24-22(28)19-4-3-11-23-19;3-2(4,5)1(6)7/h5-8,15,18-19,23H,3-4,9-14H2,1-2H3,(H,24,28);(H,6,7). The normalized spacial score (nSPS) is 18.6. The van der Waals surface area contributed by atoms with Crippen molar-refractivity contribution in [3.63, 3.8) is 0 Å². The molecule has 8 nitrogen and oxygen atoms in total. The number of amides is 2. The highest BCUT2D eigenvalue weighted by molar-refractivity contribution is 5.98. The molecule has 0 spiro atoms. The monoisotopic (exact) mass is 499 g/mol. The Morgan fingerprint density at radius 3 is 2.11 bits per heavy atom. The van der Waals surface area contributed by atoms with Gasteiger partial charge in [-0.05, 0) is 43.7 Å². The molecule has 1 aromatic rings. The smallest absolute Gasteiger partial charge is 0.475 e. The summed E-state index contributed by atoms with van der Waals surface area (Å²) in [5.41, 5.74) is 1.98. The maximum Gasteiger partial charge on any atom is 0.490 e. The molecule has 3 rings (SSSR count). The second kappa shape index (κ2) is 12.7. The van der Waals surface area contributed by atoms with Crippen LogP contribution in [0, 0.1) is 5.92 Å². The first-order chi connectivity index (χ1) is 16.4. The van der Waals surface area contributed by atoms with Crippen molar-refractivity contribution in [2.45, 2.75) is 57.7 Å². The Kier molecular flexibility index (Phi) is 10.2. The Hall–Kier alpha value is -2.95. The lowest BCUT2D eigenvalue weighted by Crippen LogP contribution is -2.48. The van der Waals surface area contributed by atoms with E-state index in [-0.39, 0.29) is 36.1 Å². The van der Waals surface area contributed by atoms with Crippen molar-refractivity contribution in [1.29, 1.82) is 0 Å². The molecule has 35 heavy (non-hydrogen) atoms. The number of piperidine rings is 1. The van der Waals surface area contributed by atoms with Crippen molar-refractivity contribution in [3.05, 3.63) is 35.4 Å². The number of ketones is 1. The Bertz CT molecular complexity index is 889. The maximum atomic E-state index is 12.8. The number of carbonyl (C=O) groups is 4. The Balaban J connectivity index is 0.000000540. The quantitative estimate of drug-likeness (QED) is 0.519. The number of rotatable bonds is 6. The van der Waals surface area contributed by atoms with E-state index in [9.17, 15) is 27.6 Å². The summed E-state index contributed by atoms with van der Waals surface area (Å²) in [6.07, 6.45) is -1.91. The summed E-state index contributed by atoms with van der Waals surface area (Å²) in [4.78, 5) is 47.8. The molecule has 1 unspecified atom stereocenters. The van der Waals surface area contributed by atoms with E-state index in [0.29, 0.717) is 31.8 Å². The summed E-state index contributed by atoms with van der Waals surface area (Å²) in [7, 11) is 0. The fourth-order valence-electron chi connectivity index (χ4n) is 3.97. The summed E-state index contributed by atoms with van der Waals surface area (Å²) >= 11 is 0. The molecule has 194 valence electrons. The fourth-order valence-corrected chi connectivity index (χ4v) is 3.97. The number of likely N-dealkylation sites (tertiary alicyclic amines) is 1. The number of nitrogens with zero attached hydrogens (tertiary/aromatic N) is 1. The van der Waals surface area contributed by atoms with Crippen LogP contribution in [0.5, 0.6) is 0 Å². The first-order valence-electron chi connectivity index (χ1n) is 11.6. The van der Waals surface area contributed by atoms with Gasteiger partial charge in [-0.2, -0.15) is 13.2 Å². The van der Waals surface area contributed by atoms with E-state index in [1.165, 1.54) is 5.56 Å². The number of alkyl halides is 3. The van der Waals surface area contributed by atoms with Gasteiger partial charge < -0.3 is 20.6 Å². The molecule has 0 saturated carbocycles. The summed E-state index contributed by atoms with van der Waals surface area (Å²) in [6, 6.07) is 7.72. The molecule has 2 amide bonds. The van der Waals surface area contributed by atoms with Gasteiger partial charge in [-0.25, -0.2) is 4.79 Å². The average Bonchev–Trinajstić information content (AvgIpc) is 3.37. The van der Waals surface area contributed by atoms with Crippen molar-refractivity contribution < 1.29 is 37.5 Å². The van der Waals surface area contributed by atoms with Gasteiger partial charge in [0.15, 0.2) is 5.78 Å². The van der Waals surface area contributed by atoms with Gasteiger partial charge >= 0.3 is 12.1 Å². The van der Waals surface area contributed by atoms with E-state index >= 15 is 0 Å². The molecule has 1 aromatic carbocycles. The average molecular weight is 500 g/mol. The maximum absolute atomic E-state index is 12.8. The number of nitrogens with one attached hydrogen (secondary N) is 2. The number of benzene rings is 1.